The number of hydrogen-bond donors (Lipinski definition) is 1. The van der Waals surface area contributed by atoms with Crippen molar-refractivity contribution in [2.75, 3.05) is 0 Å². The van der Waals surface area contributed by atoms with E-state index in [0.717, 1.165) is 11.2 Å². The second kappa shape index (κ2) is 4.78. The van der Waals surface area contributed by atoms with E-state index < -0.39 is 0 Å². The van der Waals surface area contributed by atoms with Crippen LogP contribution in [0.1, 0.15) is 17.0 Å². The zero-order chi connectivity index (χ0) is 13.2. The van der Waals surface area contributed by atoms with E-state index in [4.69, 9.17) is 5.73 Å². The van der Waals surface area contributed by atoms with Gasteiger partial charge in [0.05, 0.1) is 0 Å². The molecule has 2 aromatic heterocycles. The first-order valence-electron chi connectivity index (χ1n) is 6.04. The minimum absolute atomic E-state index is 0.228. The fourth-order valence-corrected chi connectivity index (χ4v) is 2.11. The maximum absolute atomic E-state index is 13.6. The van der Waals surface area contributed by atoms with Gasteiger partial charge in [0.1, 0.15) is 11.6 Å². The fourth-order valence-electron chi connectivity index (χ4n) is 2.11. The highest BCUT2D eigenvalue weighted by molar-refractivity contribution is 5.47. The molecule has 0 saturated carbocycles. The topological polar surface area (TPSA) is 56.2 Å². The van der Waals surface area contributed by atoms with Gasteiger partial charge < -0.3 is 5.73 Å². The quantitative estimate of drug-likeness (QED) is 0.779. The molecule has 0 amide bonds. The maximum Gasteiger partial charge on any atom is 0.165 e. The van der Waals surface area contributed by atoms with Crippen LogP contribution in [0.15, 0.2) is 42.6 Å². The van der Waals surface area contributed by atoms with Gasteiger partial charge in [0.15, 0.2) is 5.65 Å². The van der Waals surface area contributed by atoms with Gasteiger partial charge in [-0.05, 0) is 17.7 Å². The van der Waals surface area contributed by atoms with Crippen LogP contribution in [0.3, 0.4) is 0 Å². The van der Waals surface area contributed by atoms with E-state index in [2.05, 4.69) is 10.2 Å². The Kier molecular flexibility index (Phi) is 2.97. The number of nitrogens with two attached hydrogens (primary N) is 1. The highest BCUT2D eigenvalue weighted by atomic mass is 19.1. The normalized spacial score (nSPS) is 11.1. The molecule has 4 nitrogen and oxygen atoms in total. The molecule has 2 heterocycles. The Labute approximate surface area is 109 Å². The van der Waals surface area contributed by atoms with Gasteiger partial charge in [-0.15, -0.1) is 10.2 Å². The Balaban J connectivity index is 2.05. The summed E-state index contributed by atoms with van der Waals surface area (Å²) in [4.78, 5) is 0. The SMILES string of the molecule is NCc1cccn2c(Cc3ccccc3F)nnc12. The van der Waals surface area contributed by atoms with E-state index in [0.29, 0.717) is 24.4 Å². The number of fused-ring (bicyclic) bond motifs is 1. The number of benzene rings is 1. The molecular weight excluding hydrogens is 243 g/mol. The molecule has 0 spiro atoms. The van der Waals surface area contributed by atoms with Crippen LogP contribution in [0.5, 0.6) is 0 Å². The van der Waals surface area contributed by atoms with Gasteiger partial charge in [-0.25, -0.2) is 4.39 Å². The summed E-state index contributed by atoms with van der Waals surface area (Å²) in [5.74, 6) is 0.477. The summed E-state index contributed by atoms with van der Waals surface area (Å²) < 4.78 is 15.5. The molecular formula is C14H13FN4. The predicted molar refractivity (Wildman–Crippen MR) is 70.1 cm³/mol. The number of rotatable bonds is 3. The molecule has 0 saturated heterocycles. The lowest BCUT2D eigenvalue weighted by Crippen LogP contribution is -2.02. The minimum atomic E-state index is -0.228. The van der Waals surface area contributed by atoms with Crippen molar-refractivity contribution < 1.29 is 4.39 Å². The van der Waals surface area contributed by atoms with E-state index in [1.54, 1.807) is 12.1 Å². The van der Waals surface area contributed by atoms with Crippen LogP contribution in [0.4, 0.5) is 4.39 Å². The largest absolute Gasteiger partial charge is 0.326 e. The first kappa shape index (κ1) is 11.8. The molecule has 0 unspecified atom stereocenters. The number of aromatic nitrogens is 3. The molecule has 3 rings (SSSR count). The summed E-state index contributed by atoms with van der Waals surface area (Å²) in [5, 5.41) is 8.26. The summed E-state index contributed by atoms with van der Waals surface area (Å²) in [6.07, 6.45) is 2.27. The van der Waals surface area contributed by atoms with Gasteiger partial charge >= 0.3 is 0 Å². The lowest BCUT2D eigenvalue weighted by Gasteiger charge is -2.03. The first-order valence-corrected chi connectivity index (χ1v) is 6.04. The Morgan fingerprint density at radius 2 is 1.84 bits per heavy atom. The average Bonchev–Trinajstić information content (AvgIpc) is 2.84. The predicted octanol–water partition coefficient (Wildman–Crippen LogP) is 1.92. The summed E-state index contributed by atoms with van der Waals surface area (Å²) >= 11 is 0. The highest BCUT2D eigenvalue weighted by Gasteiger charge is 2.10. The summed E-state index contributed by atoms with van der Waals surface area (Å²) in [7, 11) is 0. The van der Waals surface area contributed by atoms with Gasteiger partial charge in [0.2, 0.25) is 0 Å². The van der Waals surface area contributed by atoms with Crippen LogP contribution in [-0.4, -0.2) is 14.6 Å². The van der Waals surface area contributed by atoms with E-state index in [-0.39, 0.29) is 5.82 Å². The first-order chi connectivity index (χ1) is 9.29. The number of pyridine rings is 1. The summed E-state index contributed by atoms with van der Waals surface area (Å²) in [6, 6.07) is 10.5. The van der Waals surface area contributed by atoms with E-state index in [9.17, 15) is 4.39 Å². The Bertz CT molecular complexity index is 720. The van der Waals surface area contributed by atoms with E-state index in [1.807, 2.05) is 28.8 Å². The monoisotopic (exact) mass is 256 g/mol. The van der Waals surface area contributed by atoms with Crippen molar-refractivity contribution in [3.63, 3.8) is 0 Å². The Hall–Kier alpha value is -2.27. The van der Waals surface area contributed by atoms with Crippen LogP contribution in [0.2, 0.25) is 0 Å². The van der Waals surface area contributed by atoms with Gasteiger partial charge in [-0.3, -0.25) is 4.40 Å². The van der Waals surface area contributed by atoms with E-state index >= 15 is 0 Å². The lowest BCUT2D eigenvalue weighted by atomic mass is 10.1. The van der Waals surface area contributed by atoms with Gasteiger partial charge in [-0.1, -0.05) is 24.3 Å². The van der Waals surface area contributed by atoms with Gasteiger partial charge in [0, 0.05) is 24.7 Å². The molecule has 96 valence electrons. The van der Waals surface area contributed by atoms with Gasteiger partial charge in [0.25, 0.3) is 0 Å². The van der Waals surface area contributed by atoms with Crippen molar-refractivity contribution in [1.29, 1.82) is 0 Å². The maximum atomic E-state index is 13.6. The molecule has 5 heteroatoms. The summed E-state index contributed by atoms with van der Waals surface area (Å²) in [6.45, 7) is 0.405. The molecule has 0 aliphatic carbocycles. The molecule has 0 radical (unpaired) electrons. The Morgan fingerprint density at radius 3 is 2.63 bits per heavy atom. The van der Waals surface area contributed by atoms with Crippen molar-refractivity contribution in [1.82, 2.24) is 14.6 Å². The van der Waals surface area contributed by atoms with Gasteiger partial charge in [-0.2, -0.15) is 0 Å². The van der Waals surface area contributed by atoms with Crippen LogP contribution in [0.25, 0.3) is 5.65 Å². The second-order valence-electron chi connectivity index (χ2n) is 4.32. The zero-order valence-corrected chi connectivity index (χ0v) is 10.3. The lowest BCUT2D eigenvalue weighted by molar-refractivity contribution is 0.611. The zero-order valence-electron chi connectivity index (χ0n) is 10.3. The molecule has 3 aromatic rings. The highest BCUT2D eigenvalue weighted by Crippen LogP contribution is 2.14. The molecule has 1 aromatic carbocycles. The average molecular weight is 256 g/mol. The third kappa shape index (κ3) is 2.08. The van der Waals surface area contributed by atoms with Crippen molar-refractivity contribution in [3.8, 4) is 0 Å². The molecule has 0 fully saturated rings. The Morgan fingerprint density at radius 1 is 1.05 bits per heavy atom. The van der Waals surface area contributed by atoms with Crippen molar-refractivity contribution in [3.05, 3.63) is 65.4 Å². The van der Waals surface area contributed by atoms with Crippen molar-refractivity contribution >= 4 is 5.65 Å². The number of nitrogens with zero attached hydrogens (tertiary/aromatic N) is 3. The standard InChI is InChI=1S/C14H13FN4/c15-12-6-2-1-4-10(12)8-13-17-18-14-11(9-16)5-3-7-19(13)14/h1-7H,8-9,16H2. The summed E-state index contributed by atoms with van der Waals surface area (Å²) in [5.41, 5.74) is 7.93. The number of halogens is 1. The smallest absolute Gasteiger partial charge is 0.165 e. The molecule has 0 aliphatic heterocycles. The van der Waals surface area contributed by atoms with Crippen molar-refractivity contribution in [2.45, 2.75) is 13.0 Å². The number of hydrogen-bond acceptors (Lipinski definition) is 3. The molecule has 19 heavy (non-hydrogen) atoms. The fraction of sp³-hybridized carbons (Fsp3) is 0.143. The molecule has 0 atom stereocenters. The third-order valence-electron chi connectivity index (χ3n) is 3.11. The molecule has 0 aliphatic rings. The minimum Gasteiger partial charge on any atom is -0.326 e. The van der Waals surface area contributed by atoms with Crippen molar-refractivity contribution in [2.24, 2.45) is 5.73 Å². The van der Waals surface area contributed by atoms with Crippen LogP contribution in [-0.2, 0) is 13.0 Å². The molecule has 0 bridgehead atoms. The third-order valence-corrected chi connectivity index (χ3v) is 3.11. The van der Waals surface area contributed by atoms with Crippen LogP contribution in [0, 0.1) is 5.82 Å². The molecule has 2 N–H and O–H groups in total. The van der Waals surface area contributed by atoms with Crippen LogP contribution >= 0.6 is 0 Å². The van der Waals surface area contributed by atoms with Crippen LogP contribution < -0.4 is 5.73 Å². The van der Waals surface area contributed by atoms with E-state index in [1.165, 1.54) is 6.07 Å². The second-order valence-corrected chi connectivity index (χ2v) is 4.32.